The van der Waals surface area contributed by atoms with Gasteiger partial charge >= 0.3 is 0 Å². The van der Waals surface area contributed by atoms with Crippen molar-refractivity contribution in [2.24, 2.45) is 5.11 Å². The Morgan fingerprint density at radius 1 is 1.26 bits per heavy atom. The summed E-state index contributed by atoms with van der Waals surface area (Å²) < 4.78 is 26.0. The summed E-state index contributed by atoms with van der Waals surface area (Å²) in [5.41, 5.74) is 9.16. The maximum Gasteiger partial charge on any atom is 0.218 e. The van der Waals surface area contributed by atoms with E-state index in [2.05, 4.69) is 10.0 Å². The van der Waals surface area contributed by atoms with Gasteiger partial charge in [-0.15, -0.1) is 0 Å². The third-order valence-electron chi connectivity index (χ3n) is 3.22. The number of rotatable bonds is 4. The highest BCUT2D eigenvalue weighted by molar-refractivity contribution is 7.88. The van der Waals surface area contributed by atoms with Crippen LogP contribution in [0.15, 0.2) is 35.4 Å². The van der Waals surface area contributed by atoms with Crippen molar-refractivity contribution in [3.05, 3.63) is 46.3 Å². The van der Waals surface area contributed by atoms with Gasteiger partial charge in [-0.25, -0.2) is 12.7 Å². The van der Waals surface area contributed by atoms with Gasteiger partial charge in [0.15, 0.2) is 0 Å². The number of nitrogens with zero attached hydrogens (tertiary/aromatic N) is 4. The smallest absolute Gasteiger partial charge is 0.212 e. The molecule has 0 N–H and O–H groups in total. The Hall–Kier alpha value is -1.56. The lowest BCUT2D eigenvalue weighted by Gasteiger charge is -2.29. The molecular formula is C12H16N4O2S. The molecule has 0 radical (unpaired) electrons. The summed E-state index contributed by atoms with van der Waals surface area (Å²) >= 11 is 0. The zero-order valence-corrected chi connectivity index (χ0v) is 11.3. The fourth-order valence-electron chi connectivity index (χ4n) is 2.18. The number of hydrogen-bond donors (Lipinski definition) is 0. The Bertz CT molecular complexity index is 559. The van der Waals surface area contributed by atoms with E-state index in [1.54, 1.807) is 0 Å². The highest BCUT2D eigenvalue weighted by Gasteiger charge is 2.27. The summed E-state index contributed by atoms with van der Waals surface area (Å²) in [6.07, 6.45) is 1.19. The van der Waals surface area contributed by atoms with E-state index in [-0.39, 0.29) is 11.8 Å². The second-order valence-electron chi connectivity index (χ2n) is 4.58. The molecular weight excluding hydrogens is 264 g/mol. The first-order chi connectivity index (χ1) is 9.12. The molecule has 0 bridgehead atoms. The molecule has 2 rings (SSSR count). The number of sulfonamides is 1. The lowest BCUT2D eigenvalue weighted by atomic mass is 10.1. The molecule has 1 aromatic rings. The maximum absolute atomic E-state index is 12.2. The second-order valence-corrected chi connectivity index (χ2v) is 6.55. The minimum atomic E-state index is -3.28. The van der Waals surface area contributed by atoms with Crippen LogP contribution >= 0.6 is 0 Å². The van der Waals surface area contributed by atoms with E-state index in [0.29, 0.717) is 25.9 Å². The summed E-state index contributed by atoms with van der Waals surface area (Å²) in [6, 6.07) is 9.07. The van der Waals surface area contributed by atoms with Gasteiger partial charge in [-0.2, -0.15) is 0 Å². The van der Waals surface area contributed by atoms with Gasteiger partial charge in [0.1, 0.15) is 0 Å². The van der Waals surface area contributed by atoms with Gasteiger partial charge in [0.25, 0.3) is 0 Å². The van der Waals surface area contributed by atoms with E-state index in [4.69, 9.17) is 5.53 Å². The molecule has 0 aromatic heterocycles. The van der Waals surface area contributed by atoms with Crippen molar-refractivity contribution in [1.82, 2.24) is 4.31 Å². The van der Waals surface area contributed by atoms with E-state index in [1.807, 2.05) is 30.3 Å². The molecule has 1 heterocycles. The summed E-state index contributed by atoms with van der Waals surface area (Å²) in [5.74, 6) is 0.0278. The average molecular weight is 280 g/mol. The van der Waals surface area contributed by atoms with Gasteiger partial charge in [0.05, 0.1) is 5.75 Å². The molecule has 7 heteroatoms. The van der Waals surface area contributed by atoms with Crippen LogP contribution in [-0.4, -0.2) is 31.9 Å². The van der Waals surface area contributed by atoms with Crippen molar-refractivity contribution in [1.29, 1.82) is 0 Å². The Labute approximate surface area is 112 Å². The predicted molar refractivity (Wildman–Crippen MR) is 72.8 cm³/mol. The number of benzene rings is 1. The van der Waals surface area contributed by atoms with Crippen molar-refractivity contribution in [2.75, 3.05) is 13.1 Å². The van der Waals surface area contributed by atoms with Crippen LogP contribution in [0.25, 0.3) is 10.4 Å². The minimum Gasteiger partial charge on any atom is -0.212 e. The fraction of sp³-hybridized carbons (Fsp3) is 0.500. The monoisotopic (exact) mass is 280 g/mol. The molecule has 1 aromatic carbocycles. The van der Waals surface area contributed by atoms with Gasteiger partial charge < -0.3 is 0 Å². The zero-order valence-electron chi connectivity index (χ0n) is 10.5. The third-order valence-corrected chi connectivity index (χ3v) is 5.07. The zero-order chi connectivity index (χ0) is 13.7. The van der Waals surface area contributed by atoms with E-state index < -0.39 is 10.0 Å². The molecule has 1 aliphatic rings. The average Bonchev–Trinajstić information content (AvgIpc) is 2.40. The molecule has 0 saturated carbocycles. The van der Waals surface area contributed by atoms with E-state index in [0.717, 1.165) is 5.56 Å². The molecule has 1 aliphatic heterocycles. The molecule has 102 valence electrons. The fourth-order valence-corrected chi connectivity index (χ4v) is 3.75. The molecule has 0 spiro atoms. The highest BCUT2D eigenvalue weighted by Crippen LogP contribution is 2.19. The van der Waals surface area contributed by atoms with Crippen LogP contribution in [0.2, 0.25) is 0 Å². The Kier molecular flexibility index (Phi) is 4.42. The topological polar surface area (TPSA) is 86.1 Å². The molecule has 19 heavy (non-hydrogen) atoms. The number of hydrogen-bond acceptors (Lipinski definition) is 3. The van der Waals surface area contributed by atoms with Gasteiger partial charge in [0, 0.05) is 24.0 Å². The first-order valence-electron chi connectivity index (χ1n) is 6.18. The lowest BCUT2D eigenvalue weighted by molar-refractivity contribution is 0.319. The van der Waals surface area contributed by atoms with Crippen LogP contribution in [0.1, 0.15) is 18.4 Å². The Morgan fingerprint density at radius 3 is 2.47 bits per heavy atom. The van der Waals surface area contributed by atoms with Crippen LogP contribution in [0.3, 0.4) is 0 Å². The van der Waals surface area contributed by atoms with Crippen LogP contribution in [0.4, 0.5) is 0 Å². The first kappa shape index (κ1) is 13.9. The third kappa shape index (κ3) is 3.70. The van der Waals surface area contributed by atoms with Crippen LogP contribution in [-0.2, 0) is 15.8 Å². The van der Waals surface area contributed by atoms with Gasteiger partial charge in [-0.3, -0.25) is 0 Å². The van der Waals surface area contributed by atoms with Gasteiger partial charge in [0.2, 0.25) is 10.0 Å². The molecule has 0 atom stereocenters. The van der Waals surface area contributed by atoms with E-state index >= 15 is 0 Å². The Balaban J connectivity index is 2.00. The summed E-state index contributed by atoms with van der Waals surface area (Å²) in [6.45, 7) is 0.859. The standard InChI is InChI=1S/C12H16N4O2S/c13-15-14-12-6-8-16(9-7-12)19(17,18)10-11-4-2-1-3-5-11/h1-5,12H,6-10H2. The predicted octanol–water partition coefficient (Wildman–Crippen LogP) is 2.29. The van der Waals surface area contributed by atoms with Crippen molar-refractivity contribution in [2.45, 2.75) is 24.6 Å². The Morgan fingerprint density at radius 2 is 1.89 bits per heavy atom. The van der Waals surface area contributed by atoms with Crippen molar-refractivity contribution < 1.29 is 8.42 Å². The highest BCUT2D eigenvalue weighted by atomic mass is 32.2. The quantitative estimate of drug-likeness (QED) is 0.481. The SMILES string of the molecule is [N-]=[N+]=NC1CCN(S(=O)(=O)Cc2ccccc2)CC1. The van der Waals surface area contributed by atoms with Gasteiger partial charge in [-0.05, 0) is 23.9 Å². The lowest BCUT2D eigenvalue weighted by Crippen LogP contribution is -2.40. The van der Waals surface area contributed by atoms with Crippen LogP contribution < -0.4 is 0 Å². The largest absolute Gasteiger partial charge is 0.218 e. The van der Waals surface area contributed by atoms with Crippen molar-refractivity contribution in [3.63, 3.8) is 0 Å². The maximum atomic E-state index is 12.2. The van der Waals surface area contributed by atoms with Crippen molar-refractivity contribution >= 4 is 10.0 Å². The van der Waals surface area contributed by atoms with Crippen molar-refractivity contribution in [3.8, 4) is 0 Å². The summed E-state index contributed by atoms with van der Waals surface area (Å²) in [5, 5.41) is 3.64. The van der Waals surface area contributed by atoms with E-state index in [9.17, 15) is 8.42 Å². The summed E-state index contributed by atoms with van der Waals surface area (Å²) in [7, 11) is -3.28. The van der Waals surface area contributed by atoms with Crippen LogP contribution in [0, 0.1) is 0 Å². The first-order valence-corrected chi connectivity index (χ1v) is 7.79. The summed E-state index contributed by atoms with van der Waals surface area (Å²) in [4.78, 5) is 2.77. The molecule has 6 nitrogen and oxygen atoms in total. The van der Waals surface area contributed by atoms with E-state index in [1.165, 1.54) is 4.31 Å². The normalized spacial score (nSPS) is 17.9. The molecule has 0 aliphatic carbocycles. The van der Waals surface area contributed by atoms with Gasteiger partial charge in [-0.1, -0.05) is 35.4 Å². The second kappa shape index (κ2) is 6.06. The molecule has 0 unspecified atom stereocenters. The minimum absolute atomic E-state index is 0.0278. The molecule has 1 fully saturated rings. The number of piperidine rings is 1. The number of azide groups is 1. The molecule has 1 saturated heterocycles. The van der Waals surface area contributed by atoms with Crippen LogP contribution in [0.5, 0.6) is 0 Å². The molecule has 0 amide bonds.